The highest BCUT2D eigenvalue weighted by Gasteiger charge is 2.36. The molecule has 0 spiro atoms. The van der Waals surface area contributed by atoms with Gasteiger partial charge in [-0.3, -0.25) is 9.36 Å². The summed E-state index contributed by atoms with van der Waals surface area (Å²) in [6.07, 6.45) is 41.9. The summed E-state index contributed by atoms with van der Waals surface area (Å²) in [6, 6.07) is -0.918. The van der Waals surface area contributed by atoms with Gasteiger partial charge in [0.05, 0.1) is 52.1 Å². The van der Waals surface area contributed by atoms with Gasteiger partial charge < -0.3 is 33.6 Å². The van der Waals surface area contributed by atoms with E-state index in [9.17, 15) is 19.4 Å². The van der Waals surface area contributed by atoms with Crippen LogP contribution in [0, 0.1) is 0 Å². The zero-order valence-corrected chi connectivity index (χ0v) is 36.0. The van der Waals surface area contributed by atoms with Crippen LogP contribution < -0.4 is 10.2 Å². The van der Waals surface area contributed by atoms with Gasteiger partial charge in [-0.2, -0.15) is 0 Å². The van der Waals surface area contributed by atoms with E-state index in [1.165, 1.54) is 89.9 Å². The summed E-state index contributed by atoms with van der Waals surface area (Å²) in [5, 5.41) is 13.7. The fourth-order valence-electron chi connectivity index (χ4n) is 6.12. The molecule has 1 heterocycles. The normalized spacial score (nSPS) is 18.6. The Morgan fingerprint density at radius 1 is 0.759 bits per heavy atom. The number of likely N-dealkylation sites (N-methyl/N-ethyl adjacent to an activating group) is 1. The zero-order chi connectivity index (χ0) is 39.8. The van der Waals surface area contributed by atoms with E-state index in [1.807, 2.05) is 27.2 Å². The Morgan fingerprint density at radius 3 is 1.94 bits per heavy atom. The maximum atomic E-state index is 12.8. The first kappa shape index (κ1) is 50.4. The highest BCUT2D eigenvalue weighted by molar-refractivity contribution is 7.45. The van der Waals surface area contributed by atoms with Crippen molar-refractivity contribution in [3.05, 3.63) is 48.6 Å². The van der Waals surface area contributed by atoms with Crippen molar-refractivity contribution in [1.29, 1.82) is 0 Å². The molecule has 3 unspecified atom stereocenters. The van der Waals surface area contributed by atoms with Crippen LogP contribution in [-0.4, -0.2) is 80.8 Å². The number of ether oxygens (including phenoxy) is 1. The van der Waals surface area contributed by atoms with E-state index >= 15 is 0 Å². The first-order valence-corrected chi connectivity index (χ1v) is 23.1. The van der Waals surface area contributed by atoms with Crippen molar-refractivity contribution in [2.24, 2.45) is 0 Å². The first-order valence-electron chi connectivity index (χ1n) is 21.6. The summed E-state index contributed by atoms with van der Waals surface area (Å²) in [7, 11) is 1.21. The number of aliphatic hydroxyl groups is 1. The molecule has 1 rings (SSSR count). The number of quaternary nitrogens is 1. The Labute approximate surface area is 331 Å². The van der Waals surface area contributed by atoms with Crippen molar-refractivity contribution >= 4 is 13.7 Å². The van der Waals surface area contributed by atoms with Gasteiger partial charge in [-0.25, -0.2) is 0 Å². The average molecular weight is 781 g/mol. The molecule has 54 heavy (non-hydrogen) atoms. The molecule has 1 aliphatic heterocycles. The smallest absolute Gasteiger partial charge is 0.268 e. The van der Waals surface area contributed by atoms with Gasteiger partial charge in [0, 0.05) is 6.42 Å². The second kappa shape index (κ2) is 32.5. The molecule has 0 aromatic heterocycles. The summed E-state index contributed by atoms with van der Waals surface area (Å²) in [5.41, 5.74) is 0. The number of hydrogen-bond acceptors (Lipinski definition) is 7. The molecule has 1 fully saturated rings. The molecule has 2 N–H and O–H groups in total. The SMILES string of the molecule is CCCCCCCCCCCCCC/C=C/[C@@H](O)[C@H](COP(=O)([O-])OCC[N+](C)(C)C)NC(=O)CCC/C=C\C/C=C\C/C=C\CC1OC1CCCCC. The number of carbonyl (C=O) groups excluding carboxylic acids is 1. The quantitative estimate of drug-likeness (QED) is 0.0212. The third-order valence-electron chi connectivity index (χ3n) is 9.71. The number of amides is 1. The second-order valence-electron chi connectivity index (χ2n) is 16.1. The number of hydrogen-bond donors (Lipinski definition) is 2. The summed E-state index contributed by atoms with van der Waals surface area (Å²) in [4.78, 5) is 25.2. The molecule has 1 aliphatic rings. The van der Waals surface area contributed by atoms with E-state index < -0.39 is 26.6 Å². The van der Waals surface area contributed by atoms with E-state index in [1.54, 1.807) is 6.08 Å². The van der Waals surface area contributed by atoms with Crippen LogP contribution in [0.15, 0.2) is 48.6 Å². The molecule has 1 amide bonds. The van der Waals surface area contributed by atoms with Crippen LogP contribution in [0.1, 0.15) is 162 Å². The number of carbonyl (C=O) groups is 1. The highest BCUT2D eigenvalue weighted by atomic mass is 31.2. The maximum Gasteiger partial charge on any atom is 0.268 e. The number of nitrogens with zero attached hydrogens (tertiary/aromatic N) is 1. The Hall–Kier alpha value is -1.58. The largest absolute Gasteiger partial charge is 0.756 e. The molecule has 0 bridgehead atoms. The van der Waals surface area contributed by atoms with E-state index in [2.05, 4.69) is 55.6 Å². The lowest BCUT2D eigenvalue weighted by atomic mass is 10.0. The molecular weight excluding hydrogens is 699 g/mol. The van der Waals surface area contributed by atoms with Crippen molar-refractivity contribution < 1.29 is 37.6 Å². The Balaban J connectivity index is 2.38. The molecule has 5 atom stereocenters. The van der Waals surface area contributed by atoms with Crippen molar-refractivity contribution in [2.45, 2.75) is 186 Å². The van der Waals surface area contributed by atoms with Gasteiger partial charge in [0.25, 0.3) is 7.82 Å². The zero-order valence-electron chi connectivity index (χ0n) is 35.1. The second-order valence-corrected chi connectivity index (χ2v) is 17.5. The van der Waals surface area contributed by atoms with Crippen molar-refractivity contribution in [3.63, 3.8) is 0 Å². The van der Waals surface area contributed by atoms with E-state index in [-0.39, 0.29) is 18.9 Å². The highest BCUT2D eigenvalue weighted by Crippen LogP contribution is 2.38. The Bertz CT molecular complexity index is 1090. The molecule has 0 saturated carbocycles. The van der Waals surface area contributed by atoms with Gasteiger partial charge in [0.2, 0.25) is 5.91 Å². The molecule has 314 valence electrons. The van der Waals surface area contributed by atoms with Crippen molar-refractivity contribution in [2.75, 3.05) is 40.9 Å². The summed E-state index contributed by atoms with van der Waals surface area (Å²) < 4.78 is 28.9. The van der Waals surface area contributed by atoms with Crippen LogP contribution >= 0.6 is 7.82 Å². The lowest BCUT2D eigenvalue weighted by Crippen LogP contribution is -2.45. The predicted molar refractivity (Wildman–Crippen MR) is 223 cm³/mol. The molecule has 9 nitrogen and oxygen atoms in total. The minimum Gasteiger partial charge on any atom is -0.756 e. The molecule has 10 heteroatoms. The lowest BCUT2D eigenvalue weighted by molar-refractivity contribution is -0.870. The van der Waals surface area contributed by atoms with Crippen LogP contribution in [0.25, 0.3) is 0 Å². The number of aliphatic hydroxyl groups excluding tert-OH is 1. The first-order chi connectivity index (χ1) is 26.0. The monoisotopic (exact) mass is 781 g/mol. The fraction of sp³-hybridized carbons (Fsp3) is 0.795. The minimum absolute atomic E-state index is 0.0148. The van der Waals surface area contributed by atoms with Crippen LogP contribution in [-0.2, 0) is 23.1 Å². The van der Waals surface area contributed by atoms with Gasteiger partial charge in [-0.15, -0.1) is 0 Å². The van der Waals surface area contributed by atoms with Gasteiger partial charge in [0.15, 0.2) is 0 Å². The number of phosphoric ester groups is 1. The number of unbranched alkanes of at least 4 members (excludes halogenated alkanes) is 15. The number of allylic oxidation sites excluding steroid dienone is 6. The minimum atomic E-state index is -4.60. The van der Waals surface area contributed by atoms with Crippen LogP contribution in [0.2, 0.25) is 0 Å². The number of phosphoric acid groups is 1. The third-order valence-corrected chi connectivity index (χ3v) is 10.7. The van der Waals surface area contributed by atoms with Crippen LogP contribution in [0.5, 0.6) is 0 Å². The van der Waals surface area contributed by atoms with Crippen molar-refractivity contribution in [1.82, 2.24) is 5.32 Å². The van der Waals surface area contributed by atoms with Gasteiger partial charge in [-0.1, -0.05) is 152 Å². The fourth-order valence-corrected chi connectivity index (χ4v) is 6.84. The number of nitrogens with one attached hydrogen (secondary N) is 1. The van der Waals surface area contributed by atoms with Gasteiger partial charge >= 0.3 is 0 Å². The van der Waals surface area contributed by atoms with E-state index in [0.29, 0.717) is 29.7 Å². The number of rotatable bonds is 37. The Morgan fingerprint density at radius 2 is 1.31 bits per heavy atom. The molecule has 1 saturated heterocycles. The summed E-state index contributed by atoms with van der Waals surface area (Å²) >= 11 is 0. The topological polar surface area (TPSA) is 120 Å². The predicted octanol–water partition coefficient (Wildman–Crippen LogP) is 10.0. The summed E-state index contributed by atoms with van der Waals surface area (Å²) in [5.74, 6) is -0.257. The lowest BCUT2D eigenvalue weighted by Gasteiger charge is -2.29. The molecule has 0 radical (unpaired) electrons. The molecular formula is C44H81N2O7P. The maximum absolute atomic E-state index is 12.8. The van der Waals surface area contributed by atoms with Gasteiger partial charge in [-0.05, 0) is 51.4 Å². The Kier molecular flexibility index (Phi) is 30.4. The molecule has 0 aromatic carbocycles. The summed E-state index contributed by atoms with van der Waals surface area (Å²) in [6.45, 7) is 4.55. The molecule has 0 aliphatic carbocycles. The van der Waals surface area contributed by atoms with Crippen LogP contribution in [0.4, 0.5) is 0 Å². The number of epoxide rings is 1. The van der Waals surface area contributed by atoms with Crippen LogP contribution in [0.3, 0.4) is 0 Å². The van der Waals surface area contributed by atoms with E-state index in [0.717, 1.165) is 44.9 Å². The standard InChI is InChI=1S/C44H81N2O7P/c1-6-8-10-11-12-13-14-15-16-17-20-23-26-30-33-41(47)40(39-52-54(49,50)51-38-37-46(3,4)5)45-44(48)36-32-28-25-22-19-18-21-24-27-31-35-43-42(53-43)34-29-9-7-2/h18,21-22,25,27,30-31,33,40-43,47H,6-17,19-20,23-24,26,28-29,32,34-39H2,1-5H3,(H-,45,48,49,50)/b21-18-,25-22-,31-27-,33-30+/t40-,41+,42?,43?/m0/s1. The average Bonchev–Trinajstić information content (AvgIpc) is 3.87. The van der Waals surface area contributed by atoms with Crippen molar-refractivity contribution in [3.8, 4) is 0 Å². The van der Waals surface area contributed by atoms with Gasteiger partial charge in [0.1, 0.15) is 13.2 Å². The molecule has 0 aromatic rings. The van der Waals surface area contributed by atoms with E-state index in [4.69, 9.17) is 13.8 Å². The third kappa shape index (κ3) is 31.6.